The normalized spacial score (nSPS) is 28.8. The quantitative estimate of drug-likeness (QED) is 0.640. The Bertz CT molecular complexity index is 423. The molecule has 0 saturated heterocycles. The van der Waals surface area contributed by atoms with E-state index in [2.05, 4.69) is 80.6 Å². The number of rotatable bonds is 2. The van der Waals surface area contributed by atoms with Gasteiger partial charge in [0.2, 0.25) is 0 Å². The Morgan fingerprint density at radius 3 is 2.56 bits per heavy atom. The minimum absolute atomic E-state index is 0.0858. The molecule has 0 heterocycles. The molecule has 0 bridgehead atoms. The molecule has 0 N–H and O–H groups in total. The van der Waals surface area contributed by atoms with Crippen LogP contribution in [0.5, 0.6) is 0 Å². The van der Waals surface area contributed by atoms with Crippen molar-refractivity contribution in [3.05, 3.63) is 72.4 Å². The van der Waals surface area contributed by atoms with Crippen LogP contribution >= 0.6 is 0 Å². The van der Waals surface area contributed by atoms with Crippen LogP contribution in [0.25, 0.3) is 0 Å². The smallest absolute Gasteiger partial charge is 0.0204 e. The van der Waals surface area contributed by atoms with Crippen molar-refractivity contribution in [3.8, 4) is 0 Å². The van der Waals surface area contributed by atoms with E-state index in [9.17, 15) is 0 Å². The summed E-state index contributed by atoms with van der Waals surface area (Å²) >= 11 is 0. The monoisotopic (exact) mass is 210 g/mol. The van der Waals surface area contributed by atoms with Crippen molar-refractivity contribution in [1.29, 1.82) is 0 Å². The van der Waals surface area contributed by atoms with Crippen LogP contribution in [-0.4, -0.2) is 0 Å². The lowest BCUT2D eigenvalue weighted by molar-refractivity contribution is 0.498. The molecular weight excluding hydrogens is 192 g/mol. The lowest BCUT2D eigenvalue weighted by Gasteiger charge is -2.34. The van der Waals surface area contributed by atoms with E-state index in [-0.39, 0.29) is 5.41 Å². The zero-order valence-electron chi connectivity index (χ0n) is 9.93. The summed E-state index contributed by atoms with van der Waals surface area (Å²) in [6.45, 7) is 4.38. The third-order valence-corrected chi connectivity index (χ3v) is 3.36. The Hall–Kier alpha value is -1.56. The van der Waals surface area contributed by atoms with Crippen LogP contribution in [0.1, 0.15) is 19.4 Å². The first kappa shape index (κ1) is 10.9. The molecule has 1 aromatic rings. The van der Waals surface area contributed by atoms with Gasteiger partial charge in [0.05, 0.1) is 0 Å². The number of allylic oxidation sites excluding steroid dienone is 6. The summed E-state index contributed by atoms with van der Waals surface area (Å²) in [5.74, 6) is 0.449. The predicted molar refractivity (Wildman–Crippen MR) is 70.4 cm³/mol. The summed E-state index contributed by atoms with van der Waals surface area (Å²) in [5.41, 5.74) is 1.46. The van der Waals surface area contributed by atoms with Crippen molar-refractivity contribution in [1.82, 2.24) is 0 Å². The lowest BCUT2D eigenvalue weighted by atomic mass is 9.69. The highest BCUT2D eigenvalue weighted by Crippen LogP contribution is 2.37. The zero-order valence-corrected chi connectivity index (χ0v) is 9.93. The fourth-order valence-corrected chi connectivity index (χ4v) is 2.31. The van der Waals surface area contributed by atoms with Crippen LogP contribution in [0, 0.1) is 5.92 Å². The molecule has 1 aromatic carbocycles. The molecule has 0 aliphatic heterocycles. The maximum Gasteiger partial charge on any atom is 0.0204 e. The van der Waals surface area contributed by atoms with Crippen LogP contribution in [0.4, 0.5) is 0 Å². The summed E-state index contributed by atoms with van der Waals surface area (Å²) in [5, 5.41) is 0. The highest BCUT2D eigenvalue weighted by molar-refractivity contribution is 5.38. The van der Waals surface area contributed by atoms with E-state index in [0.717, 1.165) is 0 Å². The standard InChI is InChI=1S/C16H18/c1-3-9-14-12-7-8-13-16(14,2)15-10-5-4-6-11-15/h3-14H,1-2H3. The molecule has 1 aliphatic carbocycles. The molecule has 2 rings (SSSR count). The van der Waals surface area contributed by atoms with E-state index in [1.165, 1.54) is 5.56 Å². The second-order valence-corrected chi connectivity index (χ2v) is 4.44. The molecule has 82 valence electrons. The van der Waals surface area contributed by atoms with E-state index < -0.39 is 0 Å². The van der Waals surface area contributed by atoms with Gasteiger partial charge in [-0.25, -0.2) is 0 Å². The van der Waals surface area contributed by atoms with E-state index in [1.54, 1.807) is 0 Å². The van der Waals surface area contributed by atoms with Gasteiger partial charge in [0.15, 0.2) is 0 Å². The van der Waals surface area contributed by atoms with Gasteiger partial charge in [0, 0.05) is 11.3 Å². The van der Waals surface area contributed by atoms with Crippen molar-refractivity contribution in [2.24, 2.45) is 5.92 Å². The third kappa shape index (κ3) is 1.88. The second kappa shape index (κ2) is 4.52. The average Bonchev–Trinajstić information content (AvgIpc) is 2.34. The maximum atomic E-state index is 2.30. The van der Waals surface area contributed by atoms with Gasteiger partial charge >= 0.3 is 0 Å². The van der Waals surface area contributed by atoms with Crippen molar-refractivity contribution in [2.45, 2.75) is 19.3 Å². The van der Waals surface area contributed by atoms with Gasteiger partial charge in [0.25, 0.3) is 0 Å². The molecule has 0 spiro atoms. The van der Waals surface area contributed by atoms with Crippen LogP contribution in [0.15, 0.2) is 66.8 Å². The van der Waals surface area contributed by atoms with Gasteiger partial charge in [0.1, 0.15) is 0 Å². The van der Waals surface area contributed by atoms with Crippen molar-refractivity contribution in [2.75, 3.05) is 0 Å². The Morgan fingerprint density at radius 2 is 1.88 bits per heavy atom. The fourth-order valence-electron chi connectivity index (χ4n) is 2.31. The minimum Gasteiger partial charge on any atom is -0.0910 e. The molecule has 0 amide bonds. The Labute approximate surface area is 98.0 Å². The molecule has 16 heavy (non-hydrogen) atoms. The minimum atomic E-state index is 0.0858. The van der Waals surface area contributed by atoms with E-state index in [4.69, 9.17) is 0 Å². The third-order valence-electron chi connectivity index (χ3n) is 3.36. The molecular formula is C16H18. The van der Waals surface area contributed by atoms with Crippen LogP contribution < -0.4 is 0 Å². The summed E-state index contributed by atoms with van der Waals surface area (Å²) in [6, 6.07) is 10.7. The summed E-state index contributed by atoms with van der Waals surface area (Å²) < 4.78 is 0. The van der Waals surface area contributed by atoms with Gasteiger partial charge in [-0.05, 0) is 12.5 Å². The first-order chi connectivity index (χ1) is 7.77. The lowest BCUT2D eigenvalue weighted by Crippen LogP contribution is -2.28. The zero-order chi connectivity index (χ0) is 11.4. The number of benzene rings is 1. The molecule has 2 atom stereocenters. The fraction of sp³-hybridized carbons (Fsp3) is 0.250. The second-order valence-electron chi connectivity index (χ2n) is 4.44. The molecule has 0 fully saturated rings. The SMILES string of the molecule is CC=CC1C=CC=CC1(C)c1ccccc1. The largest absolute Gasteiger partial charge is 0.0910 e. The molecule has 0 aromatic heterocycles. The Balaban J connectivity index is 2.43. The topological polar surface area (TPSA) is 0 Å². The van der Waals surface area contributed by atoms with Crippen molar-refractivity contribution >= 4 is 0 Å². The van der Waals surface area contributed by atoms with Gasteiger partial charge in [-0.3, -0.25) is 0 Å². The summed E-state index contributed by atoms with van der Waals surface area (Å²) in [6.07, 6.45) is 13.3. The van der Waals surface area contributed by atoms with Crippen LogP contribution in [0.2, 0.25) is 0 Å². The average molecular weight is 210 g/mol. The van der Waals surface area contributed by atoms with E-state index in [1.807, 2.05) is 0 Å². The molecule has 0 heteroatoms. The van der Waals surface area contributed by atoms with Crippen LogP contribution in [0.3, 0.4) is 0 Å². The molecule has 0 radical (unpaired) electrons. The highest BCUT2D eigenvalue weighted by atomic mass is 14.3. The molecule has 0 nitrogen and oxygen atoms in total. The van der Waals surface area contributed by atoms with Gasteiger partial charge in [-0.2, -0.15) is 0 Å². The summed E-state index contributed by atoms with van der Waals surface area (Å²) in [4.78, 5) is 0. The maximum absolute atomic E-state index is 2.30. The van der Waals surface area contributed by atoms with Crippen LogP contribution in [-0.2, 0) is 5.41 Å². The Morgan fingerprint density at radius 1 is 1.12 bits per heavy atom. The molecule has 2 unspecified atom stereocenters. The first-order valence-electron chi connectivity index (χ1n) is 5.82. The number of hydrogen-bond acceptors (Lipinski definition) is 0. The van der Waals surface area contributed by atoms with Crippen molar-refractivity contribution in [3.63, 3.8) is 0 Å². The first-order valence-corrected chi connectivity index (χ1v) is 5.82. The van der Waals surface area contributed by atoms with Gasteiger partial charge in [-0.15, -0.1) is 0 Å². The molecule has 0 saturated carbocycles. The van der Waals surface area contributed by atoms with Gasteiger partial charge in [-0.1, -0.05) is 73.7 Å². The van der Waals surface area contributed by atoms with Crippen molar-refractivity contribution < 1.29 is 0 Å². The Kier molecular flexibility index (Phi) is 3.09. The molecule has 1 aliphatic rings. The number of hydrogen-bond donors (Lipinski definition) is 0. The van der Waals surface area contributed by atoms with E-state index in [0.29, 0.717) is 5.92 Å². The highest BCUT2D eigenvalue weighted by Gasteiger charge is 2.31. The van der Waals surface area contributed by atoms with E-state index >= 15 is 0 Å². The summed E-state index contributed by atoms with van der Waals surface area (Å²) in [7, 11) is 0. The van der Waals surface area contributed by atoms with Gasteiger partial charge < -0.3 is 0 Å². The predicted octanol–water partition coefficient (Wildman–Crippen LogP) is 4.26.